The molecule has 5 nitrogen and oxygen atoms in total. The van der Waals surface area contributed by atoms with Crippen LogP contribution in [0.25, 0.3) is 0 Å². The van der Waals surface area contributed by atoms with Gasteiger partial charge in [-0.1, -0.05) is 0 Å². The number of hydrogen-bond acceptors (Lipinski definition) is 3. The maximum absolute atomic E-state index is 11.7. The van der Waals surface area contributed by atoms with Gasteiger partial charge in [0, 0.05) is 14.1 Å². The lowest BCUT2D eigenvalue weighted by molar-refractivity contribution is 0.519. The minimum atomic E-state index is -3.36. The van der Waals surface area contributed by atoms with Crippen molar-refractivity contribution >= 4 is 22.4 Å². The Bertz CT molecular complexity index is 391. The second-order valence-corrected chi connectivity index (χ2v) is 5.14. The predicted octanol–water partition coefficient (Wildman–Crippen LogP) is 0.699. The molecule has 0 atom stereocenters. The van der Waals surface area contributed by atoms with Crippen molar-refractivity contribution < 1.29 is 8.42 Å². The van der Waals surface area contributed by atoms with E-state index in [1.165, 1.54) is 18.4 Å². The molecule has 1 aromatic rings. The van der Waals surface area contributed by atoms with Crippen LogP contribution >= 0.6 is 12.4 Å². The molecule has 0 fully saturated rings. The standard InChI is InChI=1S/C7H13N3O2S.ClH/c1-5-7(6(2)9-8-5)13(11,12)10(3)4;/h1-4H3,(H,8,9);1H. The van der Waals surface area contributed by atoms with Crippen LogP contribution in [0.4, 0.5) is 0 Å². The van der Waals surface area contributed by atoms with Gasteiger partial charge in [0.15, 0.2) is 0 Å². The summed E-state index contributed by atoms with van der Waals surface area (Å²) in [5.41, 5.74) is 1.08. The monoisotopic (exact) mass is 239 g/mol. The fourth-order valence-corrected chi connectivity index (χ4v) is 2.32. The molecule has 1 rings (SSSR count). The van der Waals surface area contributed by atoms with Crippen molar-refractivity contribution in [2.45, 2.75) is 18.7 Å². The Kier molecular flexibility index (Phi) is 4.11. The number of sulfonamides is 1. The number of aromatic amines is 1. The van der Waals surface area contributed by atoms with Crippen molar-refractivity contribution in [1.82, 2.24) is 14.5 Å². The summed E-state index contributed by atoms with van der Waals surface area (Å²) >= 11 is 0. The first-order valence-corrected chi connectivity index (χ1v) is 5.25. The second kappa shape index (κ2) is 4.29. The molecule has 1 N–H and O–H groups in total. The second-order valence-electron chi connectivity index (χ2n) is 3.05. The predicted molar refractivity (Wildman–Crippen MR) is 56.2 cm³/mol. The smallest absolute Gasteiger partial charge is 0.246 e. The van der Waals surface area contributed by atoms with Crippen molar-refractivity contribution in [3.63, 3.8) is 0 Å². The summed E-state index contributed by atoms with van der Waals surface area (Å²) < 4.78 is 24.6. The maximum Gasteiger partial charge on any atom is 0.246 e. The van der Waals surface area contributed by atoms with Gasteiger partial charge < -0.3 is 0 Å². The average molecular weight is 240 g/mol. The third-order valence-electron chi connectivity index (χ3n) is 1.80. The van der Waals surface area contributed by atoms with E-state index in [0.29, 0.717) is 11.4 Å². The Morgan fingerprint density at radius 1 is 1.29 bits per heavy atom. The van der Waals surface area contributed by atoms with Gasteiger partial charge in [-0.05, 0) is 13.8 Å². The molecule has 0 spiro atoms. The molecule has 14 heavy (non-hydrogen) atoms. The highest BCUT2D eigenvalue weighted by molar-refractivity contribution is 7.89. The molecule has 0 amide bonds. The summed E-state index contributed by atoms with van der Waals surface area (Å²) in [4.78, 5) is 0.275. The fourth-order valence-electron chi connectivity index (χ4n) is 1.10. The molecule has 0 aliphatic carbocycles. The minimum Gasteiger partial charge on any atom is -0.281 e. The van der Waals surface area contributed by atoms with Crippen molar-refractivity contribution in [2.24, 2.45) is 0 Å². The van der Waals surface area contributed by atoms with Crippen LogP contribution in [0.15, 0.2) is 4.90 Å². The molecule has 1 heterocycles. The fraction of sp³-hybridized carbons (Fsp3) is 0.571. The van der Waals surface area contributed by atoms with Crippen LogP contribution in [-0.2, 0) is 10.0 Å². The largest absolute Gasteiger partial charge is 0.281 e. The lowest BCUT2D eigenvalue weighted by Crippen LogP contribution is -2.23. The first kappa shape index (κ1) is 13.4. The lowest BCUT2D eigenvalue weighted by Gasteiger charge is -2.10. The van der Waals surface area contributed by atoms with Crippen molar-refractivity contribution in [3.05, 3.63) is 11.4 Å². The van der Waals surface area contributed by atoms with E-state index < -0.39 is 10.0 Å². The lowest BCUT2D eigenvalue weighted by atomic mass is 10.4. The number of nitrogens with one attached hydrogen (secondary N) is 1. The molecule has 0 aromatic carbocycles. The Balaban J connectivity index is 0.00000169. The molecule has 0 saturated carbocycles. The molecule has 0 aliphatic rings. The number of hydrogen-bond donors (Lipinski definition) is 1. The van der Waals surface area contributed by atoms with Gasteiger partial charge in [0.25, 0.3) is 0 Å². The van der Waals surface area contributed by atoms with E-state index in [9.17, 15) is 8.42 Å². The first-order chi connectivity index (χ1) is 5.87. The molecule has 0 bridgehead atoms. The summed E-state index contributed by atoms with van der Waals surface area (Å²) in [6.45, 7) is 3.36. The third kappa shape index (κ3) is 2.08. The van der Waals surface area contributed by atoms with Crippen LogP contribution in [0.2, 0.25) is 0 Å². The van der Waals surface area contributed by atoms with Gasteiger partial charge in [0.1, 0.15) is 4.90 Å². The minimum absolute atomic E-state index is 0. The maximum atomic E-state index is 11.7. The van der Waals surface area contributed by atoms with Crippen LogP contribution in [-0.4, -0.2) is 37.0 Å². The van der Waals surface area contributed by atoms with E-state index in [2.05, 4.69) is 10.2 Å². The van der Waals surface area contributed by atoms with Gasteiger partial charge in [0.2, 0.25) is 10.0 Å². The molecular weight excluding hydrogens is 226 g/mol. The quantitative estimate of drug-likeness (QED) is 0.826. The summed E-state index contributed by atoms with van der Waals surface area (Å²) in [6.07, 6.45) is 0. The molecule has 1 aromatic heterocycles. The normalized spacial score (nSPS) is 11.5. The zero-order valence-corrected chi connectivity index (χ0v) is 10.2. The first-order valence-electron chi connectivity index (χ1n) is 3.81. The van der Waals surface area contributed by atoms with Gasteiger partial charge in [-0.15, -0.1) is 12.4 Å². The number of H-pyrrole nitrogens is 1. The van der Waals surface area contributed by atoms with Crippen molar-refractivity contribution in [3.8, 4) is 0 Å². The molecule has 0 radical (unpaired) electrons. The Hall–Kier alpha value is -0.590. The van der Waals surface area contributed by atoms with Crippen molar-refractivity contribution in [1.29, 1.82) is 0 Å². The highest BCUT2D eigenvalue weighted by atomic mass is 35.5. The number of nitrogens with zero attached hydrogens (tertiary/aromatic N) is 2. The highest BCUT2D eigenvalue weighted by Gasteiger charge is 2.24. The van der Waals surface area contributed by atoms with Crippen LogP contribution < -0.4 is 0 Å². The highest BCUT2D eigenvalue weighted by Crippen LogP contribution is 2.18. The van der Waals surface area contributed by atoms with Crippen molar-refractivity contribution in [2.75, 3.05) is 14.1 Å². The van der Waals surface area contributed by atoms with E-state index in [1.54, 1.807) is 13.8 Å². The van der Waals surface area contributed by atoms with E-state index in [4.69, 9.17) is 0 Å². The van der Waals surface area contributed by atoms with E-state index in [1.807, 2.05) is 0 Å². The van der Waals surface area contributed by atoms with Crippen LogP contribution in [0.3, 0.4) is 0 Å². The van der Waals surface area contributed by atoms with E-state index in [-0.39, 0.29) is 17.3 Å². The van der Waals surface area contributed by atoms with E-state index in [0.717, 1.165) is 0 Å². The Morgan fingerprint density at radius 2 is 1.79 bits per heavy atom. The van der Waals surface area contributed by atoms with Gasteiger partial charge >= 0.3 is 0 Å². The molecular formula is C7H14ClN3O2S. The molecule has 0 aliphatic heterocycles. The van der Waals surface area contributed by atoms with Gasteiger partial charge in [-0.25, -0.2) is 12.7 Å². The third-order valence-corrected chi connectivity index (χ3v) is 3.88. The van der Waals surface area contributed by atoms with Crippen LogP contribution in [0.5, 0.6) is 0 Å². The Morgan fingerprint density at radius 3 is 2.07 bits per heavy atom. The van der Waals surface area contributed by atoms with Crippen LogP contribution in [0, 0.1) is 13.8 Å². The molecule has 0 unspecified atom stereocenters. The molecule has 82 valence electrons. The Labute approximate surface area is 90.0 Å². The van der Waals surface area contributed by atoms with Gasteiger partial charge in [-0.3, -0.25) is 5.10 Å². The number of aryl methyl sites for hydroxylation is 2. The molecule has 0 saturated heterocycles. The SMILES string of the molecule is Cc1n[nH]c(C)c1S(=O)(=O)N(C)C.Cl. The van der Waals surface area contributed by atoms with Crippen LogP contribution in [0.1, 0.15) is 11.4 Å². The zero-order chi connectivity index (χ0) is 10.2. The molecule has 7 heteroatoms. The summed E-state index contributed by atoms with van der Waals surface area (Å²) in [7, 11) is -0.353. The summed E-state index contributed by atoms with van der Waals surface area (Å²) in [5, 5.41) is 6.48. The van der Waals surface area contributed by atoms with E-state index >= 15 is 0 Å². The number of halogens is 1. The summed E-state index contributed by atoms with van der Waals surface area (Å²) in [5.74, 6) is 0. The van der Waals surface area contributed by atoms with Gasteiger partial charge in [-0.2, -0.15) is 5.10 Å². The average Bonchev–Trinajstić information content (AvgIpc) is 2.30. The number of rotatable bonds is 2. The summed E-state index contributed by atoms with van der Waals surface area (Å²) in [6, 6.07) is 0. The topological polar surface area (TPSA) is 66.1 Å². The zero-order valence-electron chi connectivity index (χ0n) is 8.53. The van der Waals surface area contributed by atoms with Gasteiger partial charge in [0.05, 0.1) is 11.4 Å². The number of aromatic nitrogens is 2.